The van der Waals surface area contributed by atoms with Gasteiger partial charge in [-0.3, -0.25) is 0 Å². The Hall–Kier alpha value is -0.610. The van der Waals surface area contributed by atoms with Gasteiger partial charge in [-0.15, -0.1) is 0 Å². The van der Waals surface area contributed by atoms with Crippen molar-refractivity contribution in [3.05, 3.63) is 0 Å². The van der Waals surface area contributed by atoms with Crippen LogP contribution in [0.4, 0.5) is 0 Å². The van der Waals surface area contributed by atoms with E-state index in [0.717, 1.165) is 0 Å². The van der Waals surface area contributed by atoms with Crippen molar-refractivity contribution >= 4 is 5.97 Å². The zero-order chi connectivity index (χ0) is 7.98. The number of esters is 1. The van der Waals surface area contributed by atoms with Crippen molar-refractivity contribution in [1.82, 2.24) is 0 Å². The van der Waals surface area contributed by atoms with Crippen molar-refractivity contribution in [2.24, 2.45) is 0 Å². The lowest BCUT2D eigenvalue weighted by atomic mass is 10.4. The number of hydrogen-bond donors (Lipinski definition) is 2. The van der Waals surface area contributed by atoms with Crippen LogP contribution in [0.25, 0.3) is 0 Å². The van der Waals surface area contributed by atoms with Crippen molar-refractivity contribution in [3.63, 3.8) is 0 Å². The van der Waals surface area contributed by atoms with Crippen LogP contribution in [0.3, 0.4) is 0 Å². The molecule has 0 bridgehead atoms. The van der Waals surface area contributed by atoms with Crippen LogP contribution in [0.2, 0.25) is 0 Å². The Labute approximate surface area is 59.4 Å². The van der Waals surface area contributed by atoms with E-state index in [0.29, 0.717) is 6.42 Å². The first-order valence-electron chi connectivity index (χ1n) is 3.14. The monoisotopic (exact) mass is 148 g/mol. The quantitative estimate of drug-likeness (QED) is 0.408. The SMILES string of the molecule is C[C@H](O)C(=O)OCCCO. The highest BCUT2D eigenvalue weighted by Gasteiger charge is 2.08. The van der Waals surface area contributed by atoms with Gasteiger partial charge in [0.2, 0.25) is 0 Å². The lowest BCUT2D eigenvalue weighted by Crippen LogP contribution is -2.19. The lowest BCUT2D eigenvalue weighted by Gasteiger charge is -2.04. The molecule has 0 aliphatic carbocycles. The molecule has 10 heavy (non-hydrogen) atoms. The third-order valence-electron chi connectivity index (χ3n) is 0.888. The second-order valence-electron chi connectivity index (χ2n) is 1.92. The highest BCUT2D eigenvalue weighted by Crippen LogP contribution is 1.87. The number of rotatable bonds is 4. The molecule has 2 N–H and O–H groups in total. The predicted octanol–water partition coefficient (Wildman–Crippen LogP) is -0.707. The standard InChI is InChI=1S/C6H12O4/c1-5(8)6(9)10-4-2-3-7/h5,7-8H,2-4H2,1H3/t5-/m0/s1. The van der Waals surface area contributed by atoms with Crippen LogP contribution in [0.1, 0.15) is 13.3 Å². The summed E-state index contributed by atoms with van der Waals surface area (Å²) in [7, 11) is 0. The van der Waals surface area contributed by atoms with Crippen molar-refractivity contribution < 1.29 is 19.7 Å². The van der Waals surface area contributed by atoms with Crippen LogP contribution in [-0.4, -0.2) is 35.5 Å². The van der Waals surface area contributed by atoms with E-state index in [1.807, 2.05) is 0 Å². The summed E-state index contributed by atoms with van der Waals surface area (Å²) < 4.78 is 4.49. The maximum atomic E-state index is 10.5. The molecule has 0 saturated carbocycles. The van der Waals surface area contributed by atoms with Crippen LogP contribution in [0.15, 0.2) is 0 Å². The van der Waals surface area contributed by atoms with Gasteiger partial charge in [0.25, 0.3) is 0 Å². The van der Waals surface area contributed by atoms with Gasteiger partial charge >= 0.3 is 5.97 Å². The third-order valence-corrected chi connectivity index (χ3v) is 0.888. The molecule has 1 atom stereocenters. The topological polar surface area (TPSA) is 66.8 Å². The molecule has 0 fully saturated rings. The van der Waals surface area contributed by atoms with Gasteiger partial charge in [0, 0.05) is 13.0 Å². The fourth-order valence-corrected chi connectivity index (χ4v) is 0.358. The average Bonchev–Trinajstić information content (AvgIpc) is 1.88. The Morgan fingerprint density at radius 2 is 2.30 bits per heavy atom. The fraction of sp³-hybridized carbons (Fsp3) is 0.833. The zero-order valence-electron chi connectivity index (χ0n) is 5.91. The Kier molecular flexibility index (Phi) is 4.88. The number of aliphatic hydroxyl groups excluding tert-OH is 2. The van der Waals surface area contributed by atoms with Crippen molar-refractivity contribution in [1.29, 1.82) is 0 Å². The van der Waals surface area contributed by atoms with E-state index >= 15 is 0 Å². The molecule has 0 saturated heterocycles. The molecule has 0 aromatic carbocycles. The van der Waals surface area contributed by atoms with E-state index < -0.39 is 12.1 Å². The number of carbonyl (C=O) groups excluding carboxylic acids is 1. The van der Waals surface area contributed by atoms with Crippen LogP contribution in [0.5, 0.6) is 0 Å². The molecule has 0 rings (SSSR count). The molecular formula is C6H12O4. The van der Waals surface area contributed by atoms with Gasteiger partial charge < -0.3 is 14.9 Å². The van der Waals surface area contributed by atoms with E-state index in [9.17, 15) is 4.79 Å². The zero-order valence-corrected chi connectivity index (χ0v) is 5.91. The lowest BCUT2D eigenvalue weighted by molar-refractivity contribution is -0.152. The summed E-state index contributed by atoms with van der Waals surface area (Å²) in [6.45, 7) is 1.49. The molecule has 0 heterocycles. The van der Waals surface area contributed by atoms with E-state index in [-0.39, 0.29) is 13.2 Å². The van der Waals surface area contributed by atoms with Crippen molar-refractivity contribution in [2.75, 3.05) is 13.2 Å². The Balaban J connectivity index is 3.22. The van der Waals surface area contributed by atoms with Crippen LogP contribution >= 0.6 is 0 Å². The fourth-order valence-electron chi connectivity index (χ4n) is 0.358. The van der Waals surface area contributed by atoms with Gasteiger partial charge in [-0.25, -0.2) is 4.79 Å². The molecule has 0 spiro atoms. The maximum Gasteiger partial charge on any atom is 0.334 e. The maximum absolute atomic E-state index is 10.5. The summed E-state index contributed by atoms with van der Waals surface area (Å²) >= 11 is 0. The average molecular weight is 148 g/mol. The number of aliphatic hydroxyl groups is 2. The van der Waals surface area contributed by atoms with E-state index in [1.54, 1.807) is 0 Å². The van der Waals surface area contributed by atoms with Crippen LogP contribution in [0, 0.1) is 0 Å². The summed E-state index contributed by atoms with van der Waals surface area (Å²) in [5.41, 5.74) is 0. The highest BCUT2D eigenvalue weighted by molar-refractivity contribution is 5.73. The molecule has 0 unspecified atom stereocenters. The number of hydrogen-bond acceptors (Lipinski definition) is 4. The highest BCUT2D eigenvalue weighted by atomic mass is 16.5. The summed E-state index contributed by atoms with van der Waals surface area (Å²) in [4.78, 5) is 10.5. The third kappa shape index (κ3) is 4.29. The second kappa shape index (κ2) is 5.20. The Morgan fingerprint density at radius 1 is 1.70 bits per heavy atom. The minimum atomic E-state index is -1.07. The molecular weight excluding hydrogens is 136 g/mol. The van der Waals surface area contributed by atoms with Gasteiger partial charge in [-0.1, -0.05) is 0 Å². The van der Waals surface area contributed by atoms with Gasteiger partial charge in [-0.2, -0.15) is 0 Å². The van der Waals surface area contributed by atoms with Crippen molar-refractivity contribution in [3.8, 4) is 0 Å². The number of carbonyl (C=O) groups is 1. The van der Waals surface area contributed by atoms with E-state index in [2.05, 4.69) is 4.74 Å². The van der Waals surface area contributed by atoms with Crippen LogP contribution < -0.4 is 0 Å². The smallest absolute Gasteiger partial charge is 0.334 e. The van der Waals surface area contributed by atoms with Gasteiger partial charge in [0.05, 0.1) is 6.61 Å². The minimum Gasteiger partial charge on any atom is -0.464 e. The Bertz CT molecular complexity index is 99.9. The summed E-state index contributed by atoms with van der Waals surface area (Å²) in [6.07, 6.45) is -0.656. The molecule has 0 amide bonds. The molecule has 0 aliphatic rings. The molecule has 4 nitrogen and oxygen atoms in total. The summed E-state index contributed by atoms with van der Waals surface area (Å²) in [6, 6.07) is 0. The first kappa shape index (κ1) is 9.39. The largest absolute Gasteiger partial charge is 0.464 e. The molecule has 0 aromatic heterocycles. The van der Waals surface area contributed by atoms with E-state index in [1.165, 1.54) is 6.92 Å². The molecule has 0 aromatic rings. The number of ether oxygens (including phenoxy) is 1. The van der Waals surface area contributed by atoms with Gasteiger partial charge in [0.15, 0.2) is 0 Å². The van der Waals surface area contributed by atoms with Gasteiger partial charge in [0.1, 0.15) is 6.10 Å². The predicted molar refractivity (Wildman–Crippen MR) is 34.3 cm³/mol. The first-order valence-corrected chi connectivity index (χ1v) is 3.14. The summed E-state index contributed by atoms with van der Waals surface area (Å²) in [5, 5.41) is 16.8. The molecule has 60 valence electrons. The minimum absolute atomic E-state index is 0.00686. The van der Waals surface area contributed by atoms with Crippen molar-refractivity contribution in [2.45, 2.75) is 19.4 Å². The van der Waals surface area contributed by atoms with Crippen LogP contribution in [-0.2, 0) is 9.53 Å². The first-order chi connectivity index (χ1) is 4.68. The van der Waals surface area contributed by atoms with Gasteiger partial charge in [-0.05, 0) is 6.92 Å². The molecule has 4 heteroatoms. The second-order valence-corrected chi connectivity index (χ2v) is 1.92. The normalized spacial score (nSPS) is 12.7. The summed E-state index contributed by atoms with van der Waals surface area (Å²) in [5.74, 6) is -0.645. The molecule has 0 aliphatic heterocycles. The molecule has 0 radical (unpaired) electrons. The Morgan fingerprint density at radius 3 is 2.70 bits per heavy atom. The van der Waals surface area contributed by atoms with E-state index in [4.69, 9.17) is 10.2 Å².